The maximum absolute atomic E-state index is 10.0. The van der Waals surface area contributed by atoms with Gasteiger partial charge in [0.1, 0.15) is 5.75 Å². The number of hydrogen-bond donors (Lipinski definition) is 2. The van der Waals surface area contributed by atoms with Crippen molar-refractivity contribution in [1.82, 2.24) is 5.32 Å². The predicted octanol–water partition coefficient (Wildman–Crippen LogP) is 4.50. The van der Waals surface area contributed by atoms with Gasteiger partial charge < -0.3 is 10.4 Å². The van der Waals surface area contributed by atoms with E-state index in [0.29, 0.717) is 5.75 Å². The Morgan fingerprint density at radius 1 is 1.00 bits per heavy atom. The molecular weight excluding hydrogens is 246 g/mol. The molecule has 0 aliphatic rings. The van der Waals surface area contributed by atoms with Gasteiger partial charge in [0.2, 0.25) is 0 Å². The van der Waals surface area contributed by atoms with E-state index in [1.807, 2.05) is 18.2 Å². The fraction of sp³-hybridized carbons (Fsp3) is 0.333. The molecular formula is C18H23NO. The van der Waals surface area contributed by atoms with Gasteiger partial charge in [-0.2, -0.15) is 0 Å². The highest BCUT2D eigenvalue weighted by Crippen LogP contribution is 2.29. The third kappa shape index (κ3) is 3.20. The summed E-state index contributed by atoms with van der Waals surface area (Å²) in [6, 6.07) is 16.4. The average molecular weight is 269 g/mol. The molecule has 0 aromatic heterocycles. The lowest BCUT2D eigenvalue weighted by atomic mass is 9.98. The van der Waals surface area contributed by atoms with Gasteiger partial charge in [-0.15, -0.1) is 0 Å². The second-order valence-electron chi connectivity index (χ2n) is 5.26. The highest BCUT2D eigenvalue weighted by atomic mass is 16.3. The molecule has 0 saturated heterocycles. The van der Waals surface area contributed by atoms with E-state index in [1.165, 1.54) is 11.1 Å². The normalized spacial score (nSPS) is 13.9. The molecule has 2 nitrogen and oxygen atoms in total. The number of para-hydroxylation sites is 1. The summed E-state index contributed by atoms with van der Waals surface area (Å²) in [5, 5.41) is 13.6. The van der Waals surface area contributed by atoms with Crippen LogP contribution in [0.1, 0.15) is 49.0 Å². The lowest BCUT2D eigenvalue weighted by molar-refractivity contribution is 0.419. The van der Waals surface area contributed by atoms with Crippen molar-refractivity contribution in [2.24, 2.45) is 0 Å². The Morgan fingerprint density at radius 2 is 1.60 bits per heavy atom. The Morgan fingerprint density at radius 3 is 2.20 bits per heavy atom. The summed E-state index contributed by atoms with van der Waals surface area (Å²) in [4.78, 5) is 0. The van der Waals surface area contributed by atoms with E-state index in [-0.39, 0.29) is 12.1 Å². The molecule has 2 atom stereocenters. The van der Waals surface area contributed by atoms with Crippen molar-refractivity contribution in [3.8, 4) is 5.75 Å². The van der Waals surface area contributed by atoms with Crippen molar-refractivity contribution in [2.75, 3.05) is 0 Å². The first kappa shape index (κ1) is 14.6. The smallest absolute Gasteiger partial charge is 0.120 e. The fourth-order valence-electron chi connectivity index (χ4n) is 2.67. The summed E-state index contributed by atoms with van der Waals surface area (Å²) in [7, 11) is 0. The zero-order chi connectivity index (χ0) is 14.5. The largest absolute Gasteiger partial charge is 0.508 e. The van der Waals surface area contributed by atoms with Crippen molar-refractivity contribution in [3.63, 3.8) is 0 Å². The number of nitrogens with one attached hydrogen (secondary N) is 1. The molecule has 2 rings (SSSR count). The number of aromatic hydroxyl groups is 1. The molecule has 20 heavy (non-hydrogen) atoms. The Hall–Kier alpha value is -1.80. The van der Waals surface area contributed by atoms with E-state index in [4.69, 9.17) is 0 Å². The average Bonchev–Trinajstić information content (AvgIpc) is 2.46. The number of phenols is 1. The van der Waals surface area contributed by atoms with Crippen LogP contribution < -0.4 is 5.32 Å². The molecule has 2 aromatic carbocycles. The second kappa shape index (κ2) is 6.58. The van der Waals surface area contributed by atoms with Crippen LogP contribution in [0.2, 0.25) is 0 Å². The van der Waals surface area contributed by atoms with Gasteiger partial charge in [-0.3, -0.25) is 0 Å². The van der Waals surface area contributed by atoms with Crippen molar-refractivity contribution >= 4 is 0 Å². The molecule has 0 spiro atoms. The quantitative estimate of drug-likeness (QED) is 0.837. The fourth-order valence-corrected chi connectivity index (χ4v) is 2.67. The molecule has 0 aliphatic heterocycles. The minimum atomic E-state index is 0.158. The highest BCUT2D eigenvalue weighted by molar-refractivity contribution is 5.35. The van der Waals surface area contributed by atoms with Gasteiger partial charge in [0.05, 0.1) is 0 Å². The molecule has 106 valence electrons. The van der Waals surface area contributed by atoms with Gasteiger partial charge in [0.25, 0.3) is 0 Å². The van der Waals surface area contributed by atoms with E-state index in [9.17, 15) is 5.11 Å². The minimum Gasteiger partial charge on any atom is -0.508 e. The summed E-state index contributed by atoms with van der Waals surface area (Å²) >= 11 is 0. The molecule has 0 aliphatic carbocycles. The number of benzene rings is 2. The molecule has 2 aromatic rings. The lowest BCUT2D eigenvalue weighted by Gasteiger charge is -2.24. The summed E-state index contributed by atoms with van der Waals surface area (Å²) in [5.41, 5.74) is 3.57. The molecule has 2 N–H and O–H groups in total. The van der Waals surface area contributed by atoms with Gasteiger partial charge >= 0.3 is 0 Å². The van der Waals surface area contributed by atoms with E-state index >= 15 is 0 Å². The maximum atomic E-state index is 10.0. The van der Waals surface area contributed by atoms with Crippen molar-refractivity contribution in [2.45, 2.75) is 39.3 Å². The second-order valence-corrected chi connectivity index (χ2v) is 5.26. The molecule has 0 fully saturated rings. The van der Waals surface area contributed by atoms with E-state index in [2.05, 4.69) is 50.4 Å². The number of hydrogen-bond acceptors (Lipinski definition) is 2. The minimum absolute atomic E-state index is 0.158. The van der Waals surface area contributed by atoms with Crippen LogP contribution in [-0.2, 0) is 0 Å². The number of aryl methyl sites for hydroxylation is 1. The molecule has 0 amide bonds. The molecule has 2 heteroatoms. The van der Waals surface area contributed by atoms with Crippen LogP contribution in [0.4, 0.5) is 0 Å². The van der Waals surface area contributed by atoms with Gasteiger partial charge in [-0.05, 0) is 37.5 Å². The SMILES string of the molecule is CCC(N[C@H](C)c1ccccc1C)c1ccccc1O. The van der Waals surface area contributed by atoms with Crippen molar-refractivity contribution in [1.29, 1.82) is 0 Å². The van der Waals surface area contributed by atoms with Crippen LogP contribution in [0.15, 0.2) is 48.5 Å². The number of rotatable bonds is 5. The van der Waals surface area contributed by atoms with E-state index < -0.39 is 0 Å². The molecule has 0 heterocycles. The van der Waals surface area contributed by atoms with Crippen LogP contribution in [0.3, 0.4) is 0 Å². The summed E-state index contributed by atoms with van der Waals surface area (Å²) in [5.74, 6) is 0.365. The van der Waals surface area contributed by atoms with E-state index in [1.54, 1.807) is 6.07 Å². The van der Waals surface area contributed by atoms with E-state index in [0.717, 1.165) is 12.0 Å². The zero-order valence-corrected chi connectivity index (χ0v) is 12.4. The summed E-state index contributed by atoms with van der Waals surface area (Å²) in [6.45, 7) is 6.44. The molecule has 0 bridgehead atoms. The third-order valence-corrected chi connectivity index (χ3v) is 3.83. The van der Waals surface area contributed by atoms with Gasteiger partial charge in [0, 0.05) is 17.6 Å². The topological polar surface area (TPSA) is 32.3 Å². The Labute approximate surface area is 121 Å². The van der Waals surface area contributed by atoms with Crippen LogP contribution in [0.5, 0.6) is 5.75 Å². The van der Waals surface area contributed by atoms with Crippen molar-refractivity contribution in [3.05, 3.63) is 65.2 Å². The molecule has 0 radical (unpaired) electrons. The highest BCUT2D eigenvalue weighted by Gasteiger charge is 2.17. The summed E-state index contributed by atoms with van der Waals surface area (Å²) < 4.78 is 0. The molecule has 1 unspecified atom stereocenters. The lowest BCUT2D eigenvalue weighted by Crippen LogP contribution is -2.24. The van der Waals surface area contributed by atoms with Crippen LogP contribution in [-0.4, -0.2) is 5.11 Å². The maximum Gasteiger partial charge on any atom is 0.120 e. The van der Waals surface area contributed by atoms with Crippen LogP contribution >= 0.6 is 0 Å². The zero-order valence-electron chi connectivity index (χ0n) is 12.4. The van der Waals surface area contributed by atoms with Crippen molar-refractivity contribution < 1.29 is 5.11 Å². The van der Waals surface area contributed by atoms with Gasteiger partial charge in [-0.1, -0.05) is 49.4 Å². The standard InChI is InChI=1S/C18H23NO/c1-4-17(16-11-7-8-12-18(16)20)19-14(3)15-10-6-5-9-13(15)2/h5-12,14,17,19-20H,4H2,1-3H3/t14-,17?/m1/s1. The van der Waals surface area contributed by atoms with Gasteiger partial charge in [0.15, 0.2) is 0 Å². The summed E-state index contributed by atoms with van der Waals surface area (Å²) in [6.07, 6.45) is 0.938. The Balaban J connectivity index is 2.19. The first-order valence-electron chi connectivity index (χ1n) is 7.23. The number of phenolic OH excluding ortho intramolecular Hbond substituents is 1. The monoisotopic (exact) mass is 269 g/mol. The van der Waals surface area contributed by atoms with Gasteiger partial charge in [-0.25, -0.2) is 0 Å². The predicted molar refractivity (Wildman–Crippen MR) is 83.9 cm³/mol. The Kier molecular flexibility index (Phi) is 4.80. The Bertz CT molecular complexity index is 565. The molecule has 0 saturated carbocycles. The van der Waals surface area contributed by atoms with Crippen LogP contribution in [0, 0.1) is 6.92 Å². The van der Waals surface area contributed by atoms with Crippen LogP contribution in [0.25, 0.3) is 0 Å². The third-order valence-electron chi connectivity index (χ3n) is 3.83. The first-order valence-corrected chi connectivity index (χ1v) is 7.23. The first-order chi connectivity index (χ1) is 9.63.